The van der Waals surface area contributed by atoms with Crippen LogP contribution in [0.4, 0.5) is 5.69 Å². The summed E-state index contributed by atoms with van der Waals surface area (Å²) in [4.78, 5) is 41.1. The quantitative estimate of drug-likeness (QED) is 0.415. The predicted molar refractivity (Wildman–Crippen MR) is 117 cm³/mol. The molecule has 2 bridgehead atoms. The van der Waals surface area contributed by atoms with Crippen LogP contribution in [-0.4, -0.2) is 34.8 Å². The summed E-state index contributed by atoms with van der Waals surface area (Å²) in [5.41, 5.74) is 1.20. The molecule has 1 saturated carbocycles. The van der Waals surface area contributed by atoms with E-state index in [2.05, 4.69) is 17.5 Å². The lowest BCUT2D eigenvalue weighted by molar-refractivity contribution is -0.144. The van der Waals surface area contributed by atoms with Gasteiger partial charge in [0.2, 0.25) is 17.7 Å². The first-order valence-electron chi connectivity index (χ1n) is 10.7. The van der Waals surface area contributed by atoms with Crippen LogP contribution in [-0.2, 0) is 14.4 Å². The second kappa shape index (κ2) is 7.82. The lowest BCUT2D eigenvalue weighted by Crippen LogP contribution is -2.38. The van der Waals surface area contributed by atoms with Gasteiger partial charge in [0.05, 0.1) is 31.4 Å². The highest BCUT2D eigenvalue weighted by molar-refractivity contribution is 6.07. The normalized spacial score (nSPS) is 26.3. The van der Waals surface area contributed by atoms with Crippen LogP contribution < -0.4 is 10.1 Å². The molecule has 2 aromatic carbocycles. The number of phenols is 1. The van der Waals surface area contributed by atoms with Crippen LogP contribution in [0.25, 0.3) is 0 Å². The van der Waals surface area contributed by atoms with Crippen LogP contribution in [0.15, 0.2) is 60.7 Å². The maximum Gasteiger partial charge on any atom is 0.234 e. The van der Waals surface area contributed by atoms with E-state index in [1.165, 1.54) is 17.0 Å². The fourth-order valence-corrected chi connectivity index (χ4v) is 5.37. The number of rotatable bonds is 6. The Morgan fingerprint density at radius 1 is 1.09 bits per heavy atom. The van der Waals surface area contributed by atoms with Gasteiger partial charge in [-0.2, -0.15) is 0 Å². The Bertz CT molecular complexity index is 1080. The van der Waals surface area contributed by atoms with Gasteiger partial charge in [0.15, 0.2) is 0 Å². The maximum absolute atomic E-state index is 13.4. The number of allylic oxidation sites excluding steroid dienone is 2. The molecule has 7 heteroatoms. The Morgan fingerprint density at radius 2 is 1.75 bits per heavy atom. The minimum atomic E-state index is -0.729. The zero-order valence-electron chi connectivity index (χ0n) is 17.6. The molecule has 3 amide bonds. The van der Waals surface area contributed by atoms with Crippen molar-refractivity contribution in [1.82, 2.24) is 4.90 Å². The molecule has 7 nitrogen and oxygen atoms in total. The first-order valence-corrected chi connectivity index (χ1v) is 10.7. The third-order valence-corrected chi connectivity index (χ3v) is 6.82. The Kier molecular flexibility index (Phi) is 4.96. The Labute approximate surface area is 185 Å². The molecule has 2 aliphatic carbocycles. The highest BCUT2D eigenvalue weighted by atomic mass is 16.5. The van der Waals surface area contributed by atoms with Crippen molar-refractivity contribution in [2.24, 2.45) is 23.7 Å². The van der Waals surface area contributed by atoms with E-state index in [4.69, 9.17) is 4.74 Å². The van der Waals surface area contributed by atoms with Crippen LogP contribution >= 0.6 is 0 Å². The average Bonchev–Trinajstić information content (AvgIpc) is 3.48. The number of carbonyl (C=O) groups excluding carboxylic acids is 3. The summed E-state index contributed by atoms with van der Waals surface area (Å²) in [7, 11) is 1.55. The Morgan fingerprint density at radius 3 is 2.38 bits per heavy atom. The van der Waals surface area contributed by atoms with Crippen molar-refractivity contribution in [2.45, 2.75) is 18.9 Å². The number of aromatic hydroxyl groups is 1. The zero-order chi connectivity index (χ0) is 22.4. The molecule has 0 aromatic heterocycles. The number of phenolic OH excluding ortho intramolecular Hbond substituents is 1. The van der Waals surface area contributed by atoms with E-state index in [0.29, 0.717) is 17.0 Å². The molecule has 2 N–H and O–H groups in total. The summed E-state index contributed by atoms with van der Waals surface area (Å²) in [6.45, 7) is 0. The molecule has 1 saturated heterocycles. The second-order valence-corrected chi connectivity index (χ2v) is 8.64. The van der Waals surface area contributed by atoms with Gasteiger partial charge in [0.1, 0.15) is 11.5 Å². The number of anilines is 1. The molecular weight excluding hydrogens is 408 g/mol. The number of fused-ring (bicyclic) bond motifs is 5. The van der Waals surface area contributed by atoms with Crippen LogP contribution in [0.5, 0.6) is 11.5 Å². The monoisotopic (exact) mass is 432 g/mol. The Hall–Kier alpha value is -3.61. The molecule has 0 radical (unpaired) electrons. The van der Waals surface area contributed by atoms with Gasteiger partial charge in [0, 0.05) is 5.69 Å². The summed E-state index contributed by atoms with van der Waals surface area (Å²) in [6, 6.07) is 12.6. The second-order valence-electron chi connectivity index (χ2n) is 8.64. The fourth-order valence-electron chi connectivity index (χ4n) is 5.37. The molecule has 3 aliphatic rings. The van der Waals surface area contributed by atoms with E-state index in [1.54, 1.807) is 37.4 Å². The third kappa shape index (κ3) is 3.34. The van der Waals surface area contributed by atoms with Crippen LogP contribution in [0.2, 0.25) is 0 Å². The van der Waals surface area contributed by atoms with E-state index in [9.17, 15) is 19.5 Å². The van der Waals surface area contributed by atoms with Gasteiger partial charge in [0.25, 0.3) is 0 Å². The predicted octanol–water partition coefficient (Wildman–Crippen LogP) is 3.28. The number of nitrogens with zero attached hydrogens (tertiary/aromatic N) is 1. The topological polar surface area (TPSA) is 95.9 Å². The first-order chi connectivity index (χ1) is 15.5. The number of hydrogen-bond donors (Lipinski definition) is 2. The molecule has 5 rings (SSSR count). The van der Waals surface area contributed by atoms with Gasteiger partial charge in [-0.3, -0.25) is 19.3 Å². The van der Waals surface area contributed by atoms with Crippen molar-refractivity contribution in [3.05, 3.63) is 66.2 Å². The summed E-state index contributed by atoms with van der Waals surface area (Å²) in [5, 5.41) is 12.2. The largest absolute Gasteiger partial charge is 0.508 e. The Balaban J connectivity index is 1.45. The lowest BCUT2D eigenvalue weighted by atomic mass is 9.85. The molecule has 5 atom stereocenters. The molecule has 0 spiro atoms. The van der Waals surface area contributed by atoms with Crippen molar-refractivity contribution < 1.29 is 24.2 Å². The highest BCUT2D eigenvalue weighted by Gasteiger charge is 2.60. The fraction of sp³-hybridized carbons (Fsp3) is 0.320. The van der Waals surface area contributed by atoms with Gasteiger partial charge in [-0.1, -0.05) is 24.3 Å². The van der Waals surface area contributed by atoms with Crippen molar-refractivity contribution in [1.29, 1.82) is 0 Å². The molecule has 2 aromatic rings. The molecule has 1 heterocycles. The van der Waals surface area contributed by atoms with Crippen molar-refractivity contribution in [2.75, 3.05) is 12.4 Å². The minimum absolute atomic E-state index is 0.0757. The van der Waals surface area contributed by atoms with Crippen LogP contribution in [0.3, 0.4) is 0 Å². The number of imide groups is 1. The van der Waals surface area contributed by atoms with E-state index < -0.39 is 6.04 Å². The number of benzene rings is 2. The van der Waals surface area contributed by atoms with E-state index in [-0.39, 0.29) is 53.6 Å². The summed E-state index contributed by atoms with van der Waals surface area (Å²) < 4.78 is 5.33. The average molecular weight is 432 g/mol. The van der Waals surface area contributed by atoms with Gasteiger partial charge in [-0.15, -0.1) is 0 Å². The number of methoxy groups -OCH3 is 1. The number of likely N-dealkylation sites (tertiary alicyclic amines) is 1. The third-order valence-electron chi connectivity index (χ3n) is 6.82. The standard InChI is InChI=1S/C25H24N2O5/c1-32-19-4-2-3-14(12-19)20(13-21(29)26-17-7-9-18(28)10-8-17)27-24(30)22-15-5-6-16(11-15)23(22)25(27)31/h2-10,12,15-16,20,22-23,28H,11,13H2,1H3,(H,26,29). The lowest BCUT2D eigenvalue weighted by Gasteiger charge is -2.28. The van der Waals surface area contributed by atoms with Crippen LogP contribution in [0, 0.1) is 23.7 Å². The molecular formula is C25H24N2O5. The summed E-state index contributed by atoms with van der Waals surface area (Å²) in [5.74, 6) is -0.484. The van der Waals surface area contributed by atoms with E-state index in [1.807, 2.05) is 6.07 Å². The van der Waals surface area contributed by atoms with E-state index >= 15 is 0 Å². The highest BCUT2D eigenvalue weighted by Crippen LogP contribution is 2.54. The summed E-state index contributed by atoms with van der Waals surface area (Å²) in [6.07, 6.45) is 4.89. The molecule has 5 unspecified atom stereocenters. The van der Waals surface area contributed by atoms with Gasteiger partial charge >= 0.3 is 0 Å². The smallest absolute Gasteiger partial charge is 0.234 e. The van der Waals surface area contributed by atoms with Crippen molar-refractivity contribution in [3.63, 3.8) is 0 Å². The van der Waals surface area contributed by atoms with Gasteiger partial charge in [-0.05, 0) is 60.2 Å². The molecule has 2 fully saturated rings. The zero-order valence-corrected chi connectivity index (χ0v) is 17.6. The number of ether oxygens (including phenoxy) is 1. The maximum atomic E-state index is 13.4. The van der Waals surface area contributed by atoms with Crippen molar-refractivity contribution >= 4 is 23.4 Å². The number of nitrogens with one attached hydrogen (secondary N) is 1. The SMILES string of the molecule is COc1cccc(C(CC(=O)Nc2ccc(O)cc2)N2C(=O)C3C4C=CC(C4)C3C2=O)c1. The van der Waals surface area contributed by atoms with Gasteiger partial charge < -0.3 is 15.2 Å². The van der Waals surface area contributed by atoms with Gasteiger partial charge in [-0.25, -0.2) is 0 Å². The molecule has 32 heavy (non-hydrogen) atoms. The number of amides is 3. The minimum Gasteiger partial charge on any atom is -0.508 e. The number of carbonyl (C=O) groups is 3. The van der Waals surface area contributed by atoms with E-state index in [0.717, 1.165) is 6.42 Å². The number of hydrogen-bond acceptors (Lipinski definition) is 5. The summed E-state index contributed by atoms with van der Waals surface area (Å²) >= 11 is 0. The molecule has 1 aliphatic heterocycles. The molecule has 164 valence electrons. The van der Waals surface area contributed by atoms with Crippen LogP contribution in [0.1, 0.15) is 24.4 Å². The first kappa shape index (κ1) is 20.3. The van der Waals surface area contributed by atoms with Crippen molar-refractivity contribution in [3.8, 4) is 11.5 Å².